The molecule has 0 unspecified atom stereocenters. The van der Waals surface area contributed by atoms with Crippen LogP contribution in [0.5, 0.6) is 0 Å². The van der Waals surface area contributed by atoms with E-state index >= 15 is 0 Å². The van der Waals surface area contributed by atoms with Crippen LogP contribution in [0.25, 0.3) is 0 Å². The van der Waals surface area contributed by atoms with Gasteiger partial charge in [-0.2, -0.15) is 0 Å². The van der Waals surface area contributed by atoms with E-state index in [4.69, 9.17) is 9.52 Å². The predicted octanol–water partition coefficient (Wildman–Crippen LogP) is 3.07. The zero-order valence-electron chi connectivity index (χ0n) is 10.2. The minimum absolute atomic E-state index is 0.0372. The largest absolute Gasteiger partial charge is 0.475 e. The molecule has 90 valence electrons. The van der Waals surface area contributed by atoms with Crippen LogP contribution in [-0.2, 0) is 0 Å². The zero-order chi connectivity index (χ0) is 12.3. The highest BCUT2D eigenvalue weighted by Gasteiger charge is 2.22. The molecule has 0 aliphatic carbocycles. The molecule has 0 fully saturated rings. The smallest absolute Gasteiger partial charge is 0.371 e. The zero-order valence-corrected chi connectivity index (χ0v) is 10.2. The molecule has 0 bridgehead atoms. The van der Waals surface area contributed by atoms with Gasteiger partial charge in [0.25, 0.3) is 0 Å². The first-order valence-electron chi connectivity index (χ1n) is 5.40. The van der Waals surface area contributed by atoms with Crippen LogP contribution in [0.2, 0.25) is 0 Å². The van der Waals surface area contributed by atoms with E-state index in [1.165, 1.54) is 6.07 Å². The van der Waals surface area contributed by atoms with Gasteiger partial charge >= 0.3 is 5.97 Å². The summed E-state index contributed by atoms with van der Waals surface area (Å²) in [4.78, 5) is 10.6. The molecule has 0 radical (unpaired) electrons. The molecule has 0 spiro atoms. The van der Waals surface area contributed by atoms with Gasteiger partial charge in [-0.1, -0.05) is 27.7 Å². The number of aromatic carboxylic acids is 1. The Morgan fingerprint density at radius 2 is 2.12 bits per heavy atom. The van der Waals surface area contributed by atoms with Crippen LogP contribution in [0.4, 0.5) is 5.88 Å². The first kappa shape index (κ1) is 12.6. The number of hydrogen-bond donors (Lipinski definition) is 2. The molecule has 0 atom stereocenters. The van der Waals surface area contributed by atoms with E-state index in [0.717, 1.165) is 6.54 Å². The van der Waals surface area contributed by atoms with Crippen molar-refractivity contribution in [2.24, 2.45) is 11.3 Å². The van der Waals surface area contributed by atoms with E-state index in [1.54, 1.807) is 6.07 Å². The highest BCUT2D eigenvalue weighted by molar-refractivity contribution is 5.84. The van der Waals surface area contributed by atoms with Crippen molar-refractivity contribution >= 4 is 11.9 Å². The molecule has 0 aliphatic heterocycles. The number of rotatable bonds is 5. The van der Waals surface area contributed by atoms with Gasteiger partial charge in [-0.25, -0.2) is 4.79 Å². The van der Waals surface area contributed by atoms with Crippen LogP contribution < -0.4 is 5.32 Å². The third-order valence-electron chi connectivity index (χ3n) is 3.10. The van der Waals surface area contributed by atoms with Gasteiger partial charge in [0.2, 0.25) is 5.76 Å². The topological polar surface area (TPSA) is 62.5 Å². The summed E-state index contributed by atoms with van der Waals surface area (Å²) in [5, 5.41) is 11.8. The SMILES string of the molecule is CC(C)C(C)(C)CNc1ccc(C(=O)O)o1. The molecule has 0 amide bonds. The summed E-state index contributed by atoms with van der Waals surface area (Å²) in [6, 6.07) is 3.09. The minimum atomic E-state index is -1.05. The predicted molar refractivity (Wildman–Crippen MR) is 62.8 cm³/mol. The van der Waals surface area contributed by atoms with E-state index in [-0.39, 0.29) is 11.2 Å². The maximum atomic E-state index is 10.6. The lowest BCUT2D eigenvalue weighted by atomic mass is 9.81. The van der Waals surface area contributed by atoms with Crippen LogP contribution in [-0.4, -0.2) is 17.6 Å². The Morgan fingerprint density at radius 3 is 2.56 bits per heavy atom. The second kappa shape index (κ2) is 4.60. The molecule has 1 heterocycles. The van der Waals surface area contributed by atoms with Crippen molar-refractivity contribution < 1.29 is 14.3 Å². The second-order valence-electron chi connectivity index (χ2n) is 4.97. The molecule has 16 heavy (non-hydrogen) atoms. The van der Waals surface area contributed by atoms with E-state index in [9.17, 15) is 4.79 Å². The standard InChI is InChI=1S/C12H19NO3/c1-8(2)12(3,4)7-13-10-6-5-9(16-10)11(14)15/h5-6,8,13H,7H2,1-4H3,(H,14,15). The maximum Gasteiger partial charge on any atom is 0.371 e. The Hall–Kier alpha value is -1.45. The summed E-state index contributed by atoms with van der Waals surface area (Å²) in [5.74, 6) is -0.0407. The quantitative estimate of drug-likeness (QED) is 0.808. The van der Waals surface area contributed by atoms with Crippen molar-refractivity contribution in [1.82, 2.24) is 0 Å². The van der Waals surface area contributed by atoms with Gasteiger partial charge in [-0.3, -0.25) is 0 Å². The normalized spacial score (nSPS) is 11.8. The van der Waals surface area contributed by atoms with Gasteiger partial charge in [0.1, 0.15) is 0 Å². The number of anilines is 1. The number of carbonyl (C=O) groups is 1. The number of nitrogens with one attached hydrogen (secondary N) is 1. The monoisotopic (exact) mass is 225 g/mol. The number of carboxylic acid groups (broad SMARTS) is 1. The number of hydrogen-bond acceptors (Lipinski definition) is 3. The Kier molecular flexibility index (Phi) is 3.62. The lowest BCUT2D eigenvalue weighted by Crippen LogP contribution is -2.28. The highest BCUT2D eigenvalue weighted by atomic mass is 16.4. The Labute approximate surface area is 95.7 Å². The van der Waals surface area contributed by atoms with Crippen LogP contribution in [0.3, 0.4) is 0 Å². The summed E-state index contributed by atoms with van der Waals surface area (Å²) in [6.07, 6.45) is 0. The lowest BCUT2D eigenvalue weighted by Gasteiger charge is -2.29. The van der Waals surface area contributed by atoms with Crippen LogP contribution in [0.1, 0.15) is 38.2 Å². The molecule has 0 saturated heterocycles. The van der Waals surface area contributed by atoms with Crippen molar-refractivity contribution in [1.29, 1.82) is 0 Å². The third-order valence-corrected chi connectivity index (χ3v) is 3.10. The molecule has 0 aromatic carbocycles. The Bertz CT molecular complexity index is 366. The maximum absolute atomic E-state index is 10.6. The van der Waals surface area contributed by atoms with Gasteiger partial charge in [0.05, 0.1) is 0 Å². The fraction of sp³-hybridized carbons (Fsp3) is 0.583. The van der Waals surface area contributed by atoms with Crippen LogP contribution in [0.15, 0.2) is 16.5 Å². The van der Waals surface area contributed by atoms with Crippen molar-refractivity contribution in [3.8, 4) is 0 Å². The number of furan rings is 1. The molecule has 1 aromatic rings. The van der Waals surface area contributed by atoms with Crippen LogP contribution >= 0.6 is 0 Å². The molecule has 0 saturated carbocycles. The Morgan fingerprint density at radius 1 is 1.50 bits per heavy atom. The van der Waals surface area contributed by atoms with Gasteiger partial charge in [-0.15, -0.1) is 0 Å². The fourth-order valence-corrected chi connectivity index (χ4v) is 1.07. The molecule has 4 heteroatoms. The van der Waals surface area contributed by atoms with Crippen LogP contribution in [0, 0.1) is 11.3 Å². The summed E-state index contributed by atoms with van der Waals surface area (Å²) in [5.41, 5.74) is 0.135. The van der Waals surface area contributed by atoms with E-state index in [0.29, 0.717) is 11.8 Å². The van der Waals surface area contributed by atoms with Gasteiger partial charge in [0, 0.05) is 12.6 Å². The summed E-state index contributed by atoms with van der Waals surface area (Å²) >= 11 is 0. The molecular formula is C12H19NO3. The average molecular weight is 225 g/mol. The summed E-state index contributed by atoms with van der Waals surface area (Å²) in [6.45, 7) is 9.38. The van der Waals surface area contributed by atoms with Gasteiger partial charge in [-0.05, 0) is 17.4 Å². The molecular weight excluding hydrogens is 206 g/mol. The van der Waals surface area contributed by atoms with Gasteiger partial charge < -0.3 is 14.8 Å². The lowest BCUT2D eigenvalue weighted by molar-refractivity contribution is 0.0663. The van der Waals surface area contributed by atoms with E-state index in [2.05, 4.69) is 33.0 Å². The van der Waals surface area contributed by atoms with Crippen molar-refractivity contribution in [2.75, 3.05) is 11.9 Å². The molecule has 1 rings (SSSR count). The first-order valence-corrected chi connectivity index (χ1v) is 5.40. The summed E-state index contributed by atoms with van der Waals surface area (Å²) < 4.78 is 5.11. The fourth-order valence-electron chi connectivity index (χ4n) is 1.07. The van der Waals surface area contributed by atoms with E-state index < -0.39 is 5.97 Å². The minimum Gasteiger partial charge on any atom is -0.475 e. The molecule has 2 N–H and O–H groups in total. The van der Waals surface area contributed by atoms with Crippen molar-refractivity contribution in [3.63, 3.8) is 0 Å². The molecule has 0 aliphatic rings. The number of carboxylic acids is 1. The first-order chi connectivity index (χ1) is 7.33. The van der Waals surface area contributed by atoms with Gasteiger partial charge in [0.15, 0.2) is 5.88 Å². The van der Waals surface area contributed by atoms with Crippen molar-refractivity contribution in [3.05, 3.63) is 17.9 Å². The Balaban J connectivity index is 2.58. The van der Waals surface area contributed by atoms with E-state index in [1.807, 2.05) is 0 Å². The summed E-state index contributed by atoms with van der Waals surface area (Å²) in [7, 11) is 0. The third kappa shape index (κ3) is 3.02. The molecule has 1 aromatic heterocycles. The van der Waals surface area contributed by atoms with Crippen molar-refractivity contribution in [2.45, 2.75) is 27.7 Å². The molecule has 4 nitrogen and oxygen atoms in total. The average Bonchev–Trinajstić information content (AvgIpc) is 2.63. The highest BCUT2D eigenvalue weighted by Crippen LogP contribution is 2.26. The second-order valence-corrected chi connectivity index (χ2v) is 4.97.